The molecule has 0 aliphatic carbocycles. The predicted octanol–water partition coefficient (Wildman–Crippen LogP) is 2.40. The lowest BCUT2D eigenvalue weighted by Gasteiger charge is -2.08. The fraction of sp³-hybridized carbons (Fsp3) is 0.300. The quantitative estimate of drug-likeness (QED) is 0.698. The van der Waals surface area contributed by atoms with Crippen molar-refractivity contribution >= 4 is 0 Å². The van der Waals surface area contributed by atoms with Gasteiger partial charge in [0.25, 0.3) is 0 Å². The number of nitriles is 1. The molecule has 1 aromatic rings. The second-order valence-corrected chi connectivity index (χ2v) is 2.59. The predicted molar refractivity (Wildman–Crippen MR) is 47.0 cm³/mol. The maximum atomic E-state index is 13.0. The van der Waals surface area contributed by atoms with Crippen LogP contribution in [0, 0.1) is 24.1 Å². The zero-order chi connectivity index (χ0) is 9.84. The van der Waals surface area contributed by atoms with Crippen LogP contribution in [0.1, 0.15) is 18.1 Å². The molecule has 0 radical (unpaired) electrons. The van der Waals surface area contributed by atoms with Gasteiger partial charge in [0.1, 0.15) is 17.6 Å². The van der Waals surface area contributed by atoms with Gasteiger partial charge in [0.15, 0.2) is 0 Å². The van der Waals surface area contributed by atoms with Crippen molar-refractivity contribution in [2.45, 2.75) is 13.8 Å². The molecule has 3 heteroatoms. The van der Waals surface area contributed by atoms with Crippen LogP contribution < -0.4 is 4.74 Å². The standard InChI is InChI=1S/C10H10FNO/c1-3-13-10-7(2)9(11)5-4-8(10)6-12/h4-5H,3H2,1-2H3. The number of rotatable bonds is 2. The molecule has 0 saturated heterocycles. The normalized spacial score (nSPS) is 9.38. The molecule has 0 aliphatic rings. The third-order valence-electron chi connectivity index (χ3n) is 1.75. The highest BCUT2D eigenvalue weighted by Gasteiger charge is 2.09. The molecular weight excluding hydrogens is 169 g/mol. The van der Waals surface area contributed by atoms with Gasteiger partial charge in [-0.25, -0.2) is 4.39 Å². The average Bonchev–Trinajstić information content (AvgIpc) is 2.14. The summed E-state index contributed by atoms with van der Waals surface area (Å²) in [6, 6.07) is 4.65. The van der Waals surface area contributed by atoms with E-state index in [0.29, 0.717) is 23.5 Å². The highest BCUT2D eigenvalue weighted by atomic mass is 19.1. The van der Waals surface area contributed by atoms with Gasteiger partial charge in [0.05, 0.1) is 12.2 Å². The van der Waals surface area contributed by atoms with Gasteiger partial charge in [0, 0.05) is 5.56 Å². The number of hydrogen-bond acceptors (Lipinski definition) is 2. The molecule has 1 rings (SSSR count). The first-order valence-electron chi connectivity index (χ1n) is 4.02. The minimum Gasteiger partial charge on any atom is -0.492 e. The number of benzene rings is 1. The molecule has 13 heavy (non-hydrogen) atoms. The van der Waals surface area contributed by atoms with Gasteiger partial charge in [-0.1, -0.05) is 0 Å². The molecule has 1 aromatic carbocycles. The number of nitrogens with zero attached hydrogens (tertiary/aromatic N) is 1. The van der Waals surface area contributed by atoms with Crippen molar-refractivity contribution in [2.75, 3.05) is 6.61 Å². The summed E-state index contributed by atoms with van der Waals surface area (Å²) < 4.78 is 18.2. The molecule has 2 nitrogen and oxygen atoms in total. The van der Waals surface area contributed by atoms with Gasteiger partial charge in [-0.3, -0.25) is 0 Å². The zero-order valence-electron chi connectivity index (χ0n) is 7.60. The van der Waals surface area contributed by atoms with Crippen molar-refractivity contribution in [2.24, 2.45) is 0 Å². The van der Waals surface area contributed by atoms with Gasteiger partial charge in [0.2, 0.25) is 0 Å². The second kappa shape index (κ2) is 3.90. The Bertz CT molecular complexity index is 355. The van der Waals surface area contributed by atoms with Crippen molar-refractivity contribution < 1.29 is 9.13 Å². The molecule has 0 aliphatic heterocycles. The lowest BCUT2D eigenvalue weighted by atomic mass is 10.1. The van der Waals surface area contributed by atoms with E-state index in [0.717, 1.165) is 0 Å². The third kappa shape index (κ3) is 1.78. The van der Waals surface area contributed by atoms with E-state index in [1.54, 1.807) is 13.8 Å². The summed E-state index contributed by atoms with van der Waals surface area (Å²) in [5, 5.41) is 8.71. The molecule has 0 fully saturated rings. The molecular formula is C10H10FNO. The Balaban J connectivity index is 3.26. The van der Waals surface area contributed by atoms with E-state index in [-0.39, 0.29) is 5.82 Å². The zero-order valence-corrected chi connectivity index (χ0v) is 7.60. The lowest BCUT2D eigenvalue weighted by molar-refractivity contribution is 0.334. The van der Waals surface area contributed by atoms with Crippen LogP contribution in [0.25, 0.3) is 0 Å². The number of hydrogen-bond donors (Lipinski definition) is 0. The van der Waals surface area contributed by atoms with E-state index in [1.807, 2.05) is 6.07 Å². The molecule has 0 heterocycles. The minimum absolute atomic E-state index is 0.345. The third-order valence-corrected chi connectivity index (χ3v) is 1.75. The molecule has 0 unspecified atom stereocenters. The Kier molecular flexibility index (Phi) is 2.86. The summed E-state index contributed by atoms with van der Waals surface area (Å²) >= 11 is 0. The summed E-state index contributed by atoms with van der Waals surface area (Å²) in [4.78, 5) is 0. The Labute approximate surface area is 76.6 Å². The maximum absolute atomic E-state index is 13.0. The molecule has 0 spiro atoms. The van der Waals surface area contributed by atoms with E-state index >= 15 is 0 Å². The minimum atomic E-state index is -0.345. The number of ether oxygens (including phenoxy) is 1. The van der Waals surface area contributed by atoms with Crippen molar-refractivity contribution in [3.05, 3.63) is 29.1 Å². The van der Waals surface area contributed by atoms with E-state index in [9.17, 15) is 4.39 Å². The Hall–Kier alpha value is -1.56. The first kappa shape index (κ1) is 9.53. The molecule has 0 atom stereocenters. The van der Waals surface area contributed by atoms with Crippen LogP contribution in [0.3, 0.4) is 0 Å². The average molecular weight is 179 g/mol. The highest BCUT2D eigenvalue weighted by Crippen LogP contribution is 2.25. The smallest absolute Gasteiger partial charge is 0.142 e. The fourth-order valence-electron chi connectivity index (χ4n) is 1.09. The largest absolute Gasteiger partial charge is 0.492 e. The topological polar surface area (TPSA) is 33.0 Å². The van der Waals surface area contributed by atoms with Gasteiger partial charge in [-0.15, -0.1) is 0 Å². The molecule has 0 amide bonds. The maximum Gasteiger partial charge on any atom is 0.142 e. The van der Waals surface area contributed by atoms with Crippen LogP contribution >= 0.6 is 0 Å². The Morgan fingerprint density at radius 3 is 2.77 bits per heavy atom. The van der Waals surface area contributed by atoms with E-state index in [2.05, 4.69) is 0 Å². The fourth-order valence-corrected chi connectivity index (χ4v) is 1.09. The van der Waals surface area contributed by atoms with Crippen LogP contribution in [-0.2, 0) is 0 Å². The summed E-state index contributed by atoms with van der Waals surface area (Å²) in [5.74, 6) is 0.00690. The van der Waals surface area contributed by atoms with Crippen molar-refractivity contribution in [1.82, 2.24) is 0 Å². The monoisotopic (exact) mass is 179 g/mol. The van der Waals surface area contributed by atoms with Crippen LogP contribution in [0.5, 0.6) is 5.75 Å². The van der Waals surface area contributed by atoms with Crippen LogP contribution in [-0.4, -0.2) is 6.61 Å². The number of halogens is 1. The van der Waals surface area contributed by atoms with E-state index < -0.39 is 0 Å². The first-order valence-corrected chi connectivity index (χ1v) is 4.02. The van der Waals surface area contributed by atoms with Crippen LogP contribution in [0.15, 0.2) is 12.1 Å². The summed E-state index contributed by atoms with van der Waals surface area (Å²) in [5.41, 5.74) is 0.765. The molecule has 0 N–H and O–H groups in total. The Morgan fingerprint density at radius 2 is 2.23 bits per heavy atom. The molecule has 0 saturated carbocycles. The molecule has 0 aromatic heterocycles. The second-order valence-electron chi connectivity index (χ2n) is 2.59. The van der Waals surface area contributed by atoms with Gasteiger partial charge >= 0.3 is 0 Å². The SMILES string of the molecule is CCOc1c(C#N)ccc(F)c1C. The van der Waals surface area contributed by atoms with Crippen molar-refractivity contribution in [1.29, 1.82) is 5.26 Å². The van der Waals surface area contributed by atoms with Crippen LogP contribution in [0.2, 0.25) is 0 Å². The van der Waals surface area contributed by atoms with Crippen LogP contribution in [0.4, 0.5) is 4.39 Å². The van der Waals surface area contributed by atoms with Crippen molar-refractivity contribution in [3.63, 3.8) is 0 Å². The van der Waals surface area contributed by atoms with Gasteiger partial charge < -0.3 is 4.74 Å². The van der Waals surface area contributed by atoms with E-state index in [1.165, 1.54) is 12.1 Å². The van der Waals surface area contributed by atoms with Gasteiger partial charge in [-0.2, -0.15) is 5.26 Å². The Morgan fingerprint density at radius 1 is 1.54 bits per heavy atom. The first-order chi connectivity index (χ1) is 6.20. The van der Waals surface area contributed by atoms with E-state index in [4.69, 9.17) is 10.00 Å². The molecule has 68 valence electrons. The highest BCUT2D eigenvalue weighted by molar-refractivity contribution is 5.48. The van der Waals surface area contributed by atoms with Crippen molar-refractivity contribution in [3.8, 4) is 11.8 Å². The summed E-state index contributed by atoms with van der Waals surface area (Å²) in [7, 11) is 0. The summed E-state index contributed by atoms with van der Waals surface area (Å²) in [6.07, 6.45) is 0. The van der Waals surface area contributed by atoms with Gasteiger partial charge in [-0.05, 0) is 26.0 Å². The lowest BCUT2D eigenvalue weighted by Crippen LogP contribution is -1.98. The summed E-state index contributed by atoms with van der Waals surface area (Å²) in [6.45, 7) is 3.83. The molecule has 0 bridgehead atoms.